The standard InChI is InChI=1S/C23H23F3N4O3S/c1-16-21(17(2)30(27-16)19-8-4-3-5-9-19)22(31)28-11-13-29(14-12-28)34(32,33)20-10-6-7-18(15-20)23(24,25)26/h3-10,15H,11-14H2,1-2H3. The highest BCUT2D eigenvalue weighted by molar-refractivity contribution is 7.89. The van der Waals surface area contributed by atoms with Gasteiger partial charge >= 0.3 is 6.18 Å². The van der Waals surface area contributed by atoms with E-state index in [1.807, 2.05) is 30.3 Å². The average Bonchev–Trinajstić information content (AvgIpc) is 3.12. The Balaban J connectivity index is 1.50. The second-order valence-electron chi connectivity index (χ2n) is 8.02. The van der Waals surface area contributed by atoms with Crippen molar-refractivity contribution < 1.29 is 26.4 Å². The largest absolute Gasteiger partial charge is 0.416 e. The van der Waals surface area contributed by atoms with Crippen molar-refractivity contribution in [3.05, 3.63) is 77.1 Å². The predicted molar refractivity (Wildman–Crippen MR) is 119 cm³/mol. The summed E-state index contributed by atoms with van der Waals surface area (Å²) in [6.07, 6.45) is -4.64. The number of aryl methyl sites for hydroxylation is 1. The lowest BCUT2D eigenvalue weighted by atomic mass is 10.1. The molecule has 2 aromatic carbocycles. The summed E-state index contributed by atoms with van der Waals surface area (Å²) in [6.45, 7) is 3.74. The zero-order valence-corrected chi connectivity index (χ0v) is 19.4. The second-order valence-corrected chi connectivity index (χ2v) is 9.95. The van der Waals surface area contributed by atoms with Gasteiger partial charge in [0.1, 0.15) is 0 Å². The number of benzene rings is 2. The minimum Gasteiger partial charge on any atom is -0.336 e. The number of hydrogen-bond donors (Lipinski definition) is 0. The fourth-order valence-corrected chi connectivity index (χ4v) is 5.51. The van der Waals surface area contributed by atoms with E-state index in [0.717, 1.165) is 28.2 Å². The molecule has 1 aromatic heterocycles. The van der Waals surface area contributed by atoms with E-state index in [1.54, 1.807) is 23.4 Å². The zero-order chi connectivity index (χ0) is 24.7. The number of piperazine rings is 1. The summed E-state index contributed by atoms with van der Waals surface area (Å²) in [5.41, 5.74) is 1.49. The molecule has 1 fully saturated rings. The van der Waals surface area contributed by atoms with E-state index in [9.17, 15) is 26.4 Å². The van der Waals surface area contributed by atoms with Gasteiger partial charge in [-0.1, -0.05) is 24.3 Å². The first-order chi connectivity index (χ1) is 16.0. The van der Waals surface area contributed by atoms with Gasteiger partial charge in [0.15, 0.2) is 0 Å². The highest BCUT2D eigenvalue weighted by Gasteiger charge is 2.35. The summed E-state index contributed by atoms with van der Waals surface area (Å²) >= 11 is 0. The number of para-hydroxylation sites is 1. The number of aromatic nitrogens is 2. The lowest BCUT2D eigenvalue weighted by Gasteiger charge is -2.34. The van der Waals surface area contributed by atoms with Crippen LogP contribution in [0, 0.1) is 13.8 Å². The Morgan fingerprint density at radius 2 is 1.59 bits per heavy atom. The molecule has 0 bridgehead atoms. The molecule has 0 radical (unpaired) electrons. The number of carbonyl (C=O) groups is 1. The van der Waals surface area contributed by atoms with Crippen LogP contribution in [0.25, 0.3) is 5.69 Å². The van der Waals surface area contributed by atoms with E-state index in [-0.39, 0.29) is 32.1 Å². The van der Waals surface area contributed by atoms with E-state index in [1.165, 1.54) is 0 Å². The van der Waals surface area contributed by atoms with Crippen LogP contribution in [0.5, 0.6) is 0 Å². The van der Waals surface area contributed by atoms with Gasteiger partial charge in [0.05, 0.1) is 33.1 Å². The lowest BCUT2D eigenvalue weighted by Crippen LogP contribution is -2.50. The summed E-state index contributed by atoms with van der Waals surface area (Å²) in [4.78, 5) is 14.4. The first-order valence-corrected chi connectivity index (χ1v) is 12.0. The van der Waals surface area contributed by atoms with Crippen LogP contribution in [0.4, 0.5) is 13.2 Å². The highest BCUT2D eigenvalue weighted by Crippen LogP contribution is 2.31. The molecule has 7 nitrogen and oxygen atoms in total. The fourth-order valence-electron chi connectivity index (χ4n) is 4.04. The molecule has 0 unspecified atom stereocenters. The molecule has 0 atom stereocenters. The Labute approximate surface area is 195 Å². The molecule has 0 N–H and O–H groups in total. The number of carbonyl (C=O) groups excluding carboxylic acids is 1. The summed E-state index contributed by atoms with van der Waals surface area (Å²) in [7, 11) is -4.13. The number of nitrogens with zero attached hydrogens (tertiary/aromatic N) is 4. The number of hydrogen-bond acceptors (Lipinski definition) is 4. The van der Waals surface area contributed by atoms with Crippen molar-refractivity contribution in [2.24, 2.45) is 0 Å². The topological polar surface area (TPSA) is 75.5 Å². The van der Waals surface area contributed by atoms with Crippen molar-refractivity contribution in [1.29, 1.82) is 0 Å². The summed E-state index contributed by atoms with van der Waals surface area (Å²) in [5, 5.41) is 4.49. The van der Waals surface area contributed by atoms with Crippen molar-refractivity contribution in [3.63, 3.8) is 0 Å². The van der Waals surface area contributed by atoms with Crippen LogP contribution < -0.4 is 0 Å². The quantitative estimate of drug-likeness (QED) is 0.557. The van der Waals surface area contributed by atoms with Gasteiger partial charge in [0.2, 0.25) is 10.0 Å². The Bertz CT molecular complexity index is 1310. The number of alkyl halides is 3. The molecule has 180 valence electrons. The Morgan fingerprint density at radius 1 is 0.941 bits per heavy atom. The molecule has 1 amide bonds. The van der Waals surface area contributed by atoms with Crippen LogP contribution in [-0.4, -0.2) is 59.5 Å². The molecule has 11 heteroatoms. The maximum atomic E-state index is 13.2. The SMILES string of the molecule is Cc1nn(-c2ccccc2)c(C)c1C(=O)N1CCN(S(=O)(=O)c2cccc(C(F)(F)F)c2)CC1. The maximum absolute atomic E-state index is 13.2. The van der Waals surface area contributed by atoms with Crippen molar-refractivity contribution in [3.8, 4) is 5.69 Å². The minimum atomic E-state index is -4.64. The smallest absolute Gasteiger partial charge is 0.336 e. The van der Waals surface area contributed by atoms with Gasteiger partial charge in [-0.2, -0.15) is 22.6 Å². The molecule has 0 spiro atoms. The van der Waals surface area contributed by atoms with Gasteiger partial charge in [-0.05, 0) is 44.2 Å². The van der Waals surface area contributed by atoms with E-state index < -0.39 is 26.7 Å². The van der Waals surface area contributed by atoms with Gasteiger partial charge in [-0.15, -0.1) is 0 Å². The Kier molecular flexibility index (Phi) is 6.26. The van der Waals surface area contributed by atoms with Crippen molar-refractivity contribution in [1.82, 2.24) is 19.0 Å². The minimum absolute atomic E-state index is 0.0186. The molecular weight excluding hydrogens is 469 g/mol. The van der Waals surface area contributed by atoms with Gasteiger partial charge in [0.25, 0.3) is 5.91 Å². The Morgan fingerprint density at radius 3 is 2.21 bits per heavy atom. The molecule has 3 aromatic rings. The molecule has 0 saturated carbocycles. The fraction of sp³-hybridized carbons (Fsp3) is 0.304. The number of amides is 1. The van der Waals surface area contributed by atoms with Gasteiger partial charge in [-0.25, -0.2) is 13.1 Å². The first kappa shape index (κ1) is 24.0. The highest BCUT2D eigenvalue weighted by atomic mass is 32.2. The zero-order valence-electron chi connectivity index (χ0n) is 18.6. The van der Waals surface area contributed by atoms with Crippen LogP contribution in [0.2, 0.25) is 0 Å². The summed E-state index contributed by atoms with van der Waals surface area (Å²) in [6, 6.07) is 13.1. The third-order valence-electron chi connectivity index (χ3n) is 5.83. The van der Waals surface area contributed by atoms with Crippen LogP contribution in [0.3, 0.4) is 0 Å². The summed E-state index contributed by atoms with van der Waals surface area (Å²) < 4.78 is 67.7. The van der Waals surface area contributed by atoms with Crippen LogP contribution in [-0.2, 0) is 16.2 Å². The molecule has 1 aliphatic heterocycles. The molecule has 2 heterocycles. The van der Waals surface area contributed by atoms with E-state index in [2.05, 4.69) is 5.10 Å². The summed E-state index contributed by atoms with van der Waals surface area (Å²) in [5.74, 6) is -0.256. The maximum Gasteiger partial charge on any atom is 0.416 e. The molecule has 1 aliphatic rings. The number of sulfonamides is 1. The third kappa shape index (κ3) is 4.45. The second kappa shape index (κ2) is 8.88. The normalized spacial score (nSPS) is 15.5. The number of rotatable bonds is 4. The van der Waals surface area contributed by atoms with Crippen molar-refractivity contribution in [2.75, 3.05) is 26.2 Å². The lowest BCUT2D eigenvalue weighted by molar-refractivity contribution is -0.137. The molecule has 34 heavy (non-hydrogen) atoms. The molecule has 0 aliphatic carbocycles. The molecule has 1 saturated heterocycles. The average molecular weight is 493 g/mol. The number of halogens is 3. The van der Waals surface area contributed by atoms with Gasteiger partial charge < -0.3 is 4.90 Å². The Hall–Kier alpha value is -3.18. The van der Waals surface area contributed by atoms with E-state index in [4.69, 9.17) is 0 Å². The monoisotopic (exact) mass is 492 g/mol. The van der Waals surface area contributed by atoms with Crippen LogP contribution in [0.1, 0.15) is 27.3 Å². The molecular formula is C23H23F3N4O3S. The van der Waals surface area contributed by atoms with Crippen LogP contribution in [0.15, 0.2) is 59.5 Å². The van der Waals surface area contributed by atoms with E-state index in [0.29, 0.717) is 23.0 Å². The third-order valence-corrected chi connectivity index (χ3v) is 7.73. The van der Waals surface area contributed by atoms with E-state index >= 15 is 0 Å². The molecule has 4 rings (SSSR count). The van der Waals surface area contributed by atoms with Crippen molar-refractivity contribution >= 4 is 15.9 Å². The van der Waals surface area contributed by atoms with Crippen molar-refractivity contribution in [2.45, 2.75) is 24.9 Å². The van der Waals surface area contributed by atoms with Crippen LogP contribution >= 0.6 is 0 Å². The first-order valence-electron chi connectivity index (χ1n) is 10.6. The van der Waals surface area contributed by atoms with Gasteiger partial charge in [0, 0.05) is 26.2 Å². The van der Waals surface area contributed by atoms with Gasteiger partial charge in [-0.3, -0.25) is 4.79 Å². The predicted octanol–water partition coefficient (Wildman–Crippen LogP) is 3.65.